The first-order valence-corrected chi connectivity index (χ1v) is 8.11. The molecule has 0 radical (unpaired) electrons. The summed E-state index contributed by atoms with van der Waals surface area (Å²) in [6, 6.07) is 10.5. The average Bonchev–Trinajstić information content (AvgIpc) is 3.28. The van der Waals surface area contributed by atoms with E-state index in [-0.39, 0.29) is 12.0 Å². The Bertz CT molecular complexity index is 445. The Kier molecular flexibility index (Phi) is 5.11. The van der Waals surface area contributed by atoms with Crippen LogP contribution in [0.3, 0.4) is 0 Å². The van der Waals surface area contributed by atoms with Gasteiger partial charge in [0.05, 0.1) is 7.11 Å². The van der Waals surface area contributed by atoms with E-state index in [4.69, 9.17) is 4.74 Å². The topological polar surface area (TPSA) is 38.3 Å². The number of rotatable bonds is 7. The number of nitrogens with one attached hydrogen (secondary N) is 1. The van der Waals surface area contributed by atoms with Crippen LogP contribution in [0.25, 0.3) is 0 Å². The van der Waals surface area contributed by atoms with Crippen molar-refractivity contribution in [2.75, 3.05) is 12.9 Å². The van der Waals surface area contributed by atoms with Crippen LogP contribution in [-0.2, 0) is 9.53 Å². The van der Waals surface area contributed by atoms with Gasteiger partial charge in [-0.05, 0) is 44.7 Å². The Morgan fingerprint density at radius 2 is 2.05 bits per heavy atom. The van der Waals surface area contributed by atoms with Crippen molar-refractivity contribution >= 4 is 17.7 Å². The third-order valence-corrected chi connectivity index (χ3v) is 4.79. The number of carbonyl (C=O) groups excluding carboxylic acids is 1. The standard InChI is InChI=1S/C16H23NO2S/c1-12(2)17-16(13-9-10-13,15(18)19-3)11-20-14-7-5-4-6-8-14/h4-8,12-13,17H,9-11H2,1-3H3. The van der Waals surface area contributed by atoms with Gasteiger partial charge in [0.2, 0.25) is 0 Å². The van der Waals surface area contributed by atoms with Gasteiger partial charge in [0.15, 0.2) is 0 Å². The van der Waals surface area contributed by atoms with Gasteiger partial charge in [-0.3, -0.25) is 10.1 Å². The highest BCUT2D eigenvalue weighted by Gasteiger charge is 2.52. The summed E-state index contributed by atoms with van der Waals surface area (Å²) >= 11 is 1.72. The molecule has 1 aromatic rings. The van der Waals surface area contributed by atoms with Gasteiger partial charge < -0.3 is 4.74 Å². The molecule has 20 heavy (non-hydrogen) atoms. The van der Waals surface area contributed by atoms with Gasteiger partial charge in [-0.1, -0.05) is 18.2 Å². The van der Waals surface area contributed by atoms with Crippen molar-refractivity contribution in [3.63, 3.8) is 0 Å². The highest BCUT2D eigenvalue weighted by molar-refractivity contribution is 7.99. The number of methoxy groups -OCH3 is 1. The molecule has 0 amide bonds. The molecular formula is C16H23NO2S. The molecule has 0 aliphatic heterocycles. The Morgan fingerprint density at radius 1 is 1.40 bits per heavy atom. The Labute approximate surface area is 125 Å². The van der Waals surface area contributed by atoms with E-state index in [1.165, 1.54) is 12.0 Å². The third kappa shape index (κ3) is 3.55. The molecule has 0 heterocycles. The number of carbonyl (C=O) groups is 1. The molecule has 0 bridgehead atoms. The largest absolute Gasteiger partial charge is 0.468 e. The first-order valence-electron chi connectivity index (χ1n) is 7.12. The van der Waals surface area contributed by atoms with E-state index in [2.05, 4.69) is 31.3 Å². The van der Waals surface area contributed by atoms with Crippen LogP contribution in [0.15, 0.2) is 35.2 Å². The summed E-state index contributed by atoms with van der Waals surface area (Å²) in [5.41, 5.74) is -0.552. The normalized spacial score (nSPS) is 17.8. The quantitative estimate of drug-likeness (QED) is 0.619. The van der Waals surface area contributed by atoms with E-state index in [0.29, 0.717) is 11.7 Å². The lowest BCUT2D eigenvalue weighted by atomic mass is 9.94. The van der Waals surface area contributed by atoms with Gasteiger partial charge in [-0.25, -0.2) is 0 Å². The molecule has 1 aliphatic rings. The van der Waals surface area contributed by atoms with Crippen molar-refractivity contribution < 1.29 is 9.53 Å². The number of hydrogen-bond acceptors (Lipinski definition) is 4. The highest BCUT2D eigenvalue weighted by atomic mass is 32.2. The Balaban J connectivity index is 2.14. The molecule has 0 saturated heterocycles. The molecule has 2 rings (SSSR count). The number of benzene rings is 1. The Morgan fingerprint density at radius 3 is 2.55 bits per heavy atom. The fraction of sp³-hybridized carbons (Fsp3) is 0.562. The second-order valence-electron chi connectivity index (χ2n) is 5.64. The first kappa shape index (κ1) is 15.4. The maximum absolute atomic E-state index is 12.4. The van der Waals surface area contributed by atoms with Crippen LogP contribution in [0.2, 0.25) is 0 Å². The number of hydrogen-bond donors (Lipinski definition) is 1. The van der Waals surface area contributed by atoms with Crippen LogP contribution in [0.1, 0.15) is 26.7 Å². The van der Waals surface area contributed by atoms with Crippen molar-refractivity contribution in [2.45, 2.75) is 43.2 Å². The van der Waals surface area contributed by atoms with E-state index in [1.807, 2.05) is 18.2 Å². The van der Waals surface area contributed by atoms with E-state index in [1.54, 1.807) is 11.8 Å². The van der Waals surface area contributed by atoms with Crippen LogP contribution in [0, 0.1) is 5.92 Å². The van der Waals surface area contributed by atoms with Crippen molar-refractivity contribution in [1.29, 1.82) is 0 Å². The van der Waals surface area contributed by atoms with Gasteiger partial charge in [0, 0.05) is 16.7 Å². The van der Waals surface area contributed by atoms with Crippen molar-refractivity contribution in [3.05, 3.63) is 30.3 Å². The zero-order valence-corrected chi connectivity index (χ0v) is 13.2. The molecule has 1 saturated carbocycles. The third-order valence-electron chi connectivity index (χ3n) is 3.58. The minimum atomic E-state index is -0.552. The van der Waals surface area contributed by atoms with E-state index < -0.39 is 5.54 Å². The zero-order chi connectivity index (χ0) is 14.6. The van der Waals surface area contributed by atoms with E-state index in [9.17, 15) is 4.79 Å². The van der Waals surface area contributed by atoms with Gasteiger partial charge in [0.25, 0.3) is 0 Å². The van der Waals surface area contributed by atoms with Gasteiger partial charge in [-0.2, -0.15) is 0 Å². The molecular weight excluding hydrogens is 270 g/mol. The lowest BCUT2D eigenvalue weighted by Crippen LogP contribution is -2.59. The van der Waals surface area contributed by atoms with Crippen LogP contribution in [0.4, 0.5) is 0 Å². The maximum atomic E-state index is 12.4. The van der Waals surface area contributed by atoms with Crippen LogP contribution < -0.4 is 5.32 Å². The predicted molar refractivity (Wildman–Crippen MR) is 82.9 cm³/mol. The minimum absolute atomic E-state index is 0.128. The molecule has 4 heteroatoms. The van der Waals surface area contributed by atoms with Gasteiger partial charge in [-0.15, -0.1) is 11.8 Å². The summed E-state index contributed by atoms with van der Waals surface area (Å²) in [7, 11) is 1.48. The van der Waals surface area contributed by atoms with Crippen LogP contribution in [-0.4, -0.2) is 30.4 Å². The predicted octanol–water partition coefficient (Wildman–Crippen LogP) is 3.10. The molecule has 1 unspecified atom stereocenters. The van der Waals surface area contributed by atoms with Crippen LogP contribution in [0.5, 0.6) is 0 Å². The zero-order valence-electron chi connectivity index (χ0n) is 12.4. The number of esters is 1. The number of thioether (sulfide) groups is 1. The van der Waals surface area contributed by atoms with Crippen molar-refractivity contribution in [1.82, 2.24) is 5.32 Å². The molecule has 1 N–H and O–H groups in total. The minimum Gasteiger partial charge on any atom is -0.468 e. The maximum Gasteiger partial charge on any atom is 0.327 e. The highest BCUT2D eigenvalue weighted by Crippen LogP contribution is 2.43. The van der Waals surface area contributed by atoms with E-state index in [0.717, 1.165) is 12.8 Å². The molecule has 3 nitrogen and oxygen atoms in total. The lowest BCUT2D eigenvalue weighted by molar-refractivity contribution is -0.148. The molecule has 1 atom stereocenters. The molecule has 0 spiro atoms. The number of ether oxygens (including phenoxy) is 1. The molecule has 1 aliphatic carbocycles. The van der Waals surface area contributed by atoms with E-state index >= 15 is 0 Å². The molecule has 110 valence electrons. The SMILES string of the molecule is COC(=O)C(CSc1ccccc1)(NC(C)C)C1CC1. The smallest absolute Gasteiger partial charge is 0.327 e. The summed E-state index contributed by atoms with van der Waals surface area (Å²) < 4.78 is 5.09. The lowest BCUT2D eigenvalue weighted by Gasteiger charge is -2.34. The summed E-state index contributed by atoms with van der Waals surface area (Å²) in [6.07, 6.45) is 2.20. The summed E-state index contributed by atoms with van der Waals surface area (Å²) in [5.74, 6) is 0.984. The van der Waals surface area contributed by atoms with Crippen molar-refractivity contribution in [3.8, 4) is 0 Å². The summed E-state index contributed by atoms with van der Waals surface area (Å²) in [6.45, 7) is 4.15. The van der Waals surface area contributed by atoms with Crippen molar-refractivity contribution in [2.24, 2.45) is 5.92 Å². The average molecular weight is 293 g/mol. The summed E-state index contributed by atoms with van der Waals surface area (Å²) in [4.78, 5) is 13.6. The second kappa shape index (κ2) is 6.64. The molecule has 0 aromatic heterocycles. The Hall–Kier alpha value is -1.00. The van der Waals surface area contributed by atoms with Gasteiger partial charge in [0.1, 0.15) is 5.54 Å². The molecule has 1 fully saturated rings. The first-order chi connectivity index (χ1) is 9.58. The fourth-order valence-corrected chi connectivity index (χ4v) is 3.73. The summed E-state index contributed by atoms with van der Waals surface area (Å²) in [5, 5.41) is 3.48. The monoisotopic (exact) mass is 293 g/mol. The second-order valence-corrected chi connectivity index (χ2v) is 6.69. The fourth-order valence-electron chi connectivity index (χ4n) is 2.55. The van der Waals surface area contributed by atoms with Gasteiger partial charge >= 0.3 is 5.97 Å². The molecule has 1 aromatic carbocycles. The van der Waals surface area contributed by atoms with Crippen LogP contribution >= 0.6 is 11.8 Å².